The van der Waals surface area contributed by atoms with E-state index in [1.54, 1.807) is 46.1 Å². The van der Waals surface area contributed by atoms with E-state index in [4.69, 9.17) is 28.0 Å². The van der Waals surface area contributed by atoms with E-state index in [9.17, 15) is 33.2 Å². The third-order valence-electron chi connectivity index (χ3n) is 9.28. The average Bonchev–Trinajstić information content (AvgIpc) is 3.93. The zero-order valence-electron chi connectivity index (χ0n) is 32.6. The van der Waals surface area contributed by atoms with Gasteiger partial charge in [-0.1, -0.05) is 24.5 Å². The lowest BCUT2D eigenvalue weighted by Crippen LogP contribution is -2.28. The first kappa shape index (κ1) is 44.2. The first-order valence-electron chi connectivity index (χ1n) is 18.2. The number of aromatic nitrogens is 8. The molecule has 21 nitrogen and oxygen atoms in total. The molecule has 2 aliphatic rings. The van der Waals surface area contributed by atoms with Gasteiger partial charge in [0.1, 0.15) is 25.1 Å². The minimum absolute atomic E-state index is 0.00825. The molecule has 0 saturated carbocycles. The maximum Gasteiger partial charge on any atom is 0.386 e. The van der Waals surface area contributed by atoms with E-state index in [1.165, 1.54) is 29.9 Å². The number of carbonyl (C=O) groups excluding carboxylic acids is 2. The van der Waals surface area contributed by atoms with E-state index in [-0.39, 0.29) is 61.4 Å². The van der Waals surface area contributed by atoms with Crippen LogP contribution >= 0.6 is 37.9 Å². The Hall–Kier alpha value is -3.40. The Labute approximate surface area is 342 Å². The SMILES string of the molecule is CC(C)(C)C(=O)OCn1cnc2c(ncn2C2CCC(COP(=O)(S)O[C@H]3CC(n4cnc5c(=O)n(COC(=O)C(C)(C)C)cnc54)OC3CCP(=O)(O)S)O2)c1=O. The Morgan fingerprint density at radius 1 is 0.810 bits per heavy atom. The number of ether oxygens (including phenoxy) is 4. The van der Waals surface area contributed by atoms with Gasteiger partial charge in [-0.15, -0.1) is 0 Å². The monoisotopic (exact) mass is 888 g/mol. The predicted molar refractivity (Wildman–Crippen MR) is 212 cm³/mol. The van der Waals surface area contributed by atoms with Crippen molar-refractivity contribution in [3.63, 3.8) is 0 Å². The maximum absolute atomic E-state index is 13.6. The molecule has 6 rings (SSSR count). The van der Waals surface area contributed by atoms with Gasteiger partial charge >= 0.3 is 18.7 Å². The van der Waals surface area contributed by atoms with Crippen LogP contribution in [0.2, 0.25) is 0 Å². The van der Waals surface area contributed by atoms with Crippen molar-refractivity contribution in [1.29, 1.82) is 0 Å². The summed E-state index contributed by atoms with van der Waals surface area (Å²) in [5.41, 5.74) is -2.13. The number of hydrogen-bond acceptors (Lipinski definition) is 16. The Balaban J connectivity index is 1.09. The molecule has 0 spiro atoms. The molecule has 4 aromatic rings. The summed E-state index contributed by atoms with van der Waals surface area (Å²) in [4.78, 5) is 77.7. The van der Waals surface area contributed by atoms with Crippen LogP contribution in [-0.4, -0.2) is 86.1 Å². The fourth-order valence-corrected chi connectivity index (χ4v) is 8.59. The maximum atomic E-state index is 13.6. The average molecular weight is 889 g/mol. The fraction of sp³-hybridized carbons (Fsp3) is 0.636. The van der Waals surface area contributed by atoms with Gasteiger partial charge in [-0.25, -0.2) is 24.5 Å². The van der Waals surface area contributed by atoms with Crippen molar-refractivity contribution in [2.75, 3.05) is 12.8 Å². The summed E-state index contributed by atoms with van der Waals surface area (Å²) in [6, 6.07) is 0. The number of thiol groups is 2. The zero-order valence-corrected chi connectivity index (χ0v) is 36.1. The molecule has 6 unspecified atom stereocenters. The molecule has 0 aliphatic carbocycles. The second-order valence-electron chi connectivity index (χ2n) is 16.0. The van der Waals surface area contributed by atoms with Gasteiger partial charge in [0.2, 0.25) is 0 Å². The fourth-order valence-electron chi connectivity index (χ4n) is 6.11. The van der Waals surface area contributed by atoms with Gasteiger partial charge in [0.25, 0.3) is 17.7 Å². The summed E-state index contributed by atoms with van der Waals surface area (Å²) >= 11 is 7.99. The lowest BCUT2D eigenvalue weighted by Gasteiger charge is -2.23. The molecule has 2 aliphatic heterocycles. The normalized spacial score (nSPS) is 23.6. The number of rotatable bonds is 14. The van der Waals surface area contributed by atoms with Crippen LogP contribution in [0.1, 0.15) is 79.7 Å². The van der Waals surface area contributed by atoms with Crippen molar-refractivity contribution in [3.05, 3.63) is 46.0 Å². The first-order chi connectivity index (χ1) is 27.0. The van der Waals surface area contributed by atoms with E-state index in [1.807, 2.05) is 0 Å². The largest absolute Gasteiger partial charge is 0.443 e. The third kappa shape index (κ3) is 10.3. The second-order valence-corrected chi connectivity index (χ2v) is 22.6. The topological polar surface area (TPSA) is 249 Å². The molecule has 25 heteroatoms. The summed E-state index contributed by atoms with van der Waals surface area (Å²) in [5, 5.41) is 0. The molecular formula is C33H46N8O13P2S2. The van der Waals surface area contributed by atoms with Crippen molar-refractivity contribution in [2.45, 2.75) is 111 Å². The Kier molecular flexibility index (Phi) is 12.9. The summed E-state index contributed by atoms with van der Waals surface area (Å²) in [6.07, 6.45) is 2.18. The number of esters is 2. The summed E-state index contributed by atoms with van der Waals surface area (Å²) in [6.45, 7) is 1.41. The molecule has 2 fully saturated rings. The lowest BCUT2D eigenvalue weighted by molar-refractivity contribution is -0.157. The summed E-state index contributed by atoms with van der Waals surface area (Å²) in [7, 11) is 0. The second kappa shape index (κ2) is 16.9. The van der Waals surface area contributed by atoms with Crippen molar-refractivity contribution >= 4 is 72.1 Å². The lowest BCUT2D eigenvalue weighted by atomic mass is 9.97. The van der Waals surface area contributed by atoms with Crippen molar-refractivity contribution in [3.8, 4) is 0 Å². The summed E-state index contributed by atoms with van der Waals surface area (Å²) < 4.78 is 65.4. The minimum atomic E-state index is -4.11. The van der Waals surface area contributed by atoms with Crippen molar-refractivity contribution in [1.82, 2.24) is 38.2 Å². The van der Waals surface area contributed by atoms with Crippen LogP contribution in [0, 0.1) is 10.8 Å². The molecule has 2 saturated heterocycles. The highest BCUT2D eigenvalue weighted by Crippen LogP contribution is 2.57. The molecule has 7 atom stereocenters. The number of nitrogens with zero attached hydrogens (tertiary/aromatic N) is 8. The number of imidazole rings is 2. The molecule has 6 heterocycles. The standard InChI is InChI=1S/C33H46N8O13P2S2/c1-32(2,3)30(44)49-17-38-13-36-26-24(28(38)42)34-15-40(26)22-8-7-19(52-22)12-51-56(48,58)54-21-11-23(53-20(21)9-10-55(46,47)57)41-16-35-25-27(41)37-14-39(29(25)43)18-50-31(45)33(4,5)6/h13-16,19-23H,7-12,17-18H2,1-6H3,(H,48,58)(H2,46,47,57)/t19?,20?,21-,22?,23?,56?/m0/s1. The Morgan fingerprint density at radius 2 is 1.33 bits per heavy atom. The number of carbonyl (C=O) groups is 2. The van der Waals surface area contributed by atoms with Crippen LogP contribution in [0.25, 0.3) is 22.3 Å². The van der Waals surface area contributed by atoms with Crippen LogP contribution in [0.15, 0.2) is 34.9 Å². The van der Waals surface area contributed by atoms with Crippen LogP contribution < -0.4 is 11.1 Å². The molecule has 0 amide bonds. The van der Waals surface area contributed by atoms with Crippen LogP contribution in [-0.2, 0) is 60.2 Å². The van der Waals surface area contributed by atoms with Gasteiger partial charge in [0, 0.05) is 12.6 Å². The Morgan fingerprint density at radius 3 is 1.83 bits per heavy atom. The molecule has 0 radical (unpaired) electrons. The summed E-state index contributed by atoms with van der Waals surface area (Å²) in [5.74, 6) is -0.982. The van der Waals surface area contributed by atoms with Crippen LogP contribution in [0.3, 0.4) is 0 Å². The molecule has 58 heavy (non-hydrogen) atoms. The van der Waals surface area contributed by atoms with Crippen molar-refractivity contribution < 1.29 is 51.6 Å². The van der Waals surface area contributed by atoms with Gasteiger partial charge in [-0.05, 0) is 60.8 Å². The van der Waals surface area contributed by atoms with Gasteiger partial charge in [-0.2, -0.15) is 0 Å². The Bertz CT molecular complexity index is 2400. The van der Waals surface area contributed by atoms with Crippen LogP contribution in [0.5, 0.6) is 0 Å². The molecule has 318 valence electrons. The van der Waals surface area contributed by atoms with E-state index in [0.29, 0.717) is 12.8 Å². The van der Waals surface area contributed by atoms with E-state index in [0.717, 1.165) is 9.13 Å². The van der Waals surface area contributed by atoms with E-state index in [2.05, 4.69) is 44.4 Å². The number of fused-ring (bicyclic) bond motifs is 2. The van der Waals surface area contributed by atoms with Gasteiger partial charge < -0.3 is 23.8 Å². The molecule has 0 aromatic carbocycles. The van der Waals surface area contributed by atoms with Gasteiger partial charge in [0.15, 0.2) is 35.8 Å². The predicted octanol–water partition coefficient (Wildman–Crippen LogP) is 4.20. The molecular weight excluding hydrogens is 842 g/mol. The molecule has 1 N–H and O–H groups in total. The number of hydrogen-bond donors (Lipinski definition) is 3. The first-order valence-corrected chi connectivity index (χ1v) is 23.9. The highest BCUT2D eigenvalue weighted by molar-refractivity contribution is 8.46. The van der Waals surface area contributed by atoms with Crippen molar-refractivity contribution in [2.24, 2.45) is 10.8 Å². The smallest absolute Gasteiger partial charge is 0.386 e. The van der Waals surface area contributed by atoms with E-state index >= 15 is 0 Å². The molecule has 4 aromatic heterocycles. The van der Waals surface area contributed by atoms with E-state index < -0.39 is 78.0 Å². The van der Waals surface area contributed by atoms with Crippen LogP contribution in [0.4, 0.5) is 0 Å². The third-order valence-corrected chi connectivity index (χ3v) is 12.4. The zero-order chi connectivity index (χ0) is 42.4. The highest BCUT2D eigenvalue weighted by atomic mass is 32.7. The quantitative estimate of drug-likeness (QED) is 0.0912. The minimum Gasteiger partial charge on any atom is -0.443 e. The van der Waals surface area contributed by atoms with Gasteiger partial charge in [0.05, 0.1) is 48.4 Å². The van der Waals surface area contributed by atoms with Gasteiger partial charge in [-0.3, -0.25) is 51.1 Å². The highest BCUT2D eigenvalue weighted by Gasteiger charge is 2.42. The molecule has 0 bridgehead atoms.